The number of ether oxygens (including phenoxy) is 1. The van der Waals surface area contributed by atoms with Crippen molar-refractivity contribution in [3.05, 3.63) is 69.8 Å². The van der Waals surface area contributed by atoms with Gasteiger partial charge in [-0.15, -0.1) is 0 Å². The molecule has 2 aromatic rings. The van der Waals surface area contributed by atoms with E-state index in [1.165, 1.54) is 13.2 Å². The molecule has 1 unspecified atom stereocenters. The van der Waals surface area contributed by atoms with Gasteiger partial charge in [0, 0.05) is 11.6 Å². The Labute approximate surface area is 127 Å². The lowest BCUT2D eigenvalue weighted by Gasteiger charge is -2.14. The number of nitro groups is 1. The number of rotatable bonds is 6. The largest absolute Gasteiger partial charge is 0.497 e. The molecule has 0 saturated carbocycles. The molecular weight excluding hydrogens is 286 g/mol. The van der Waals surface area contributed by atoms with Crippen LogP contribution in [0.2, 0.25) is 0 Å². The Morgan fingerprint density at radius 3 is 2.64 bits per heavy atom. The van der Waals surface area contributed by atoms with Gasteiger partial charge in [-0.25, -0.2) is 0 Å². The van der Waals surface area contributed by atoms with Gasteiger partial charge in [-0.2, -0.15) is 0 Å². The van der Waals surface area contributed by atoms with Crippen LogP contribution in [0.3, 0.4) is 0 Å². The van der Waals surface area contributed by atoms with E-state index in [1.807, 2.05) is 0 Å². The molecule has 22 heavy (non-hydrogen) atoms. The highest BCUT2D eigenvalue weighted by atomic mass is 16.6. The van der Waals surface area contributed by atoms with Crippen LogP contribution in [0, 0.1) is 10.1 Å². The first kappa shape index (κ1) is 15.5. The van der Waals surface area contributed by atoms with Crippen LogP contribution in [-0.4, -0.2) is 23.1 Å². The van der Waals surface area contributed by atoms with Gasteiger partial charge in [0.1, 0.15) is 5.75 Å². The van der Waals surface area contributed by atoms with Crippen LogP contribution < -0.4 is 4.74 Å². The van der Waals surface area contributed by atoms with Crippen molar-refractivity contribution in [2.45, 2.75) is 12.3 Å². The summed E-state index contributed by atoms with van der Waals surface area (Å²) in [6, 6.07) is 12.9. The van der Waals surface area contributed by atoms with Gasteiger partial charge in [0.05, 0.1) is 18.0 Å². The van der Waals surface area contributed by atoms with E-state index in [1.54, 1.807) is 42.5 Å². The number of hydrogen-bond acceptors (Lipinski definition) is 4. The molecule has 0 bridgehead atoms. The molecule has 0 amide bonds. The minimum Gasteiger partial charge on any atom is -0.497 e. The second-order valence-electron chi connectivity index (χ2n) is 4.76. The van der Waals surface area contributed by atoms with Crippen LogP contribution in [0.4, 0.5) is 5.69 Å². The monoisotopic (exact) mass is 301 g/mol. The number of hydrogen-bond donors (Lipinski definition) is 1. The van der Waals surface area contributed by atoms with E-state index in [9.17, 15) is 20.0 Å². The fourth-order valence-corrected chi connectivity index (χ4v) is 2.29. The minimum atomic E-state index is -1.04. The van der Waals surface area contributed by atoms with Crippen LogP contribution >= 0.6 is 0 Å². The zero-order chi connectivity index (χ0) is 16.1. The van der Waals surface area contributed by atoms with E-state index in [4.69, 9.17) is 4.74 Å². The smallest absolute Gasteiger partial charge is 0.311 e. The predicted molar refractivity (Wildman–Crippen MR) is 80.2 cm³/mol. The highest BCUT2D eigenvalue weighted by molar-refractivity contribution is 5.77. The molecule has 0 spiro atoms. The zero-order valence-corrected chi connectivity index (χ0v) is 11.9. The third-order valence-electron chi connectivity index (χ3n) is 3.41. The van der Waals surface area contributed by atoms with Gasteiger partial charge in [-0.3, -0.25) is 14.9 Å². The molecule has 114 valence electrons. The van der Waals surface area contributed by atoms with Gasteiger partial charge in [-0.1, -0.05) is 30.3 Å². The molecule has 2 rings (SSSR count). The maximum Gasteiger partial charge on any atom is 0.311 e. The molecular formula is C16H15NO5. The number of benzene rings is 2. The molecule has 0 heterocycles. The van der Waals surface area contributed by atoms with Crippen LogP contribution in [0.25, 0.3) is 0 Å². The van der Waals surface area contributed by atoms with E-state index < -0.39 is 16.8 Å². The number of methoxy groups -OCH3 is 1. The van der Waals surface area contributed by atoms with Gasteiger partial charge in [0.25, 0.3) is 5.69 Å². The predicted octanol–water partition coefficient (Wildman–Crippen LogP) is 3.01. The van der Waals surface area contributed by atoms with Crippen molar-refractivity contribution in [2.24, 2.45) is 0 Å². The summed E-state index contributed by atoms with van der Waals surface area (Å²) in [5, 5.41) is 20.5. The summed E-state index contributed by atoms with van der Waals surface area (Å²) in [6.45, 7) is 0. The van der Waals surface area contributed by atoms with Crippen molar-refractivity contribution in [3.8, 4) is 5.75 Å². The van der Waals surface area contributed by atoms with Gasteiger partial charge in [-0.05, 0) is 24.1 Å². The summed E-state index contributed by atoms with van der Waals surface area (Å²) in [6.07, 6.45) is 0.0413. The first-order chi connectivity index (χ1) is 10.5. The summed E-state index contributed by atoms with van der Waals surface area (Å²) in [5.41, 5.74) is 0.865. The molecule has 0 saturated heterocycles. The summed E-state index contributed by atoms with van der Waals surface area (Å²) in [7, 11) is 1.50. The zero-order valence-electron chi connectivity index (χ0n) is 11.9. The normalized spacial score (nSPS) is 11.7. The summed E-state index contributed by atoms with van der Waals surface area (Å²) in [5.74, 6) is -1.37. The Morgan fingerprint density at radius 2 is 2.00 bits per heavy atom. The maximum atomic E-state index is 11.6. The quantitative estimate of drug-likeness (QED) is 0.654. The van der Waals surface area contributed by atoms with Crippen molar-refractivity contribution >= 4 is 11.7 Å². The van der Waals surface area contributed by atoms with Gasteiger partial charge in [0.15, 0.2) is 0 Å². The molecule has 2 aromatic carbocycles. The standard InChI is InChI=1S/C16H15NO5/c1-22-13-7-4-6-11(9-13)14(16(18)19)10-12-5-2-3-8-15(12)17(20)21/h2-9,14H,10H2,1H3,(H,18,19). The van der Waals surface area contributed by atoms with Crippen LogP contribution in [-0.2, 0) is 11.2 Å². The number of carbonyl (C=O) groups is 1. The number of para-hydroxylation sites is 1. The third kappa shape index (κ3) is 3.41. The molecule has 0 aliphatic heterocycles. The molecule has 0 aliphatic carbocycles. The second-order valence-corrected chi connectivity index (χ2v) is 4.76. The van der Waals surface area contributed by atoms with Crippen LogP contribution in [0.5, 0.6) is 5.75 Å². The lowest BCUT2D eigenvalue weighted by atomic mass is 9.91. The van der Waals surface area contributed by atoms with E-state index >= 15 is 0 Å². The minimum absolute atomic E-state index is 0.0413. The van der Waals surface area contributed by atoms with Crippen molar-refractivity contribution in [1.29, 1.82) is 0 Å². The second kappa shape index (κ2) is 6.71. The molecule has 0 fully saturated rings. The Balaban J connectivity index is 2.38. The van der Waals surface area contributed by atoms with Crippen LogP contribution in [0.15, 0.2) is 48.5 Å². The third-order valence-corrected chi connectivity index (χ3v) is 3.41. The first-order valence-corrected chi connectivity index (χ1v) is 6.62. The van der Waals surface area contributed by atoms with Crippen molar-refractivity contribution < 1.29 is 19.6 Å². The van der Waals surface area contributed by atoms with Crippen LogP contribution in [0.1, 0.15) is 17.0 Å². The van der Waals surface area contributed by atoms with E-state index in [0.717, 1.165) is 0 Å². The fraction of sp³-hybridized carbons (Fsp3) is 0.188. The van der Waals surface area contributed by atoms with Crippen molar-refractivity contribution in [3.63, 3.8) is 0 Å². The maximum absolute atomic E-state index is 11.6. The van der Waals surface area contributed by atoms with E-state index in [2.05, 4.69) is 0 Å². The summed E-state index contributed by atoms with van der Waals surface area (Å²) >= 11 is 0. The fourth-order valence-electron chi connectivity index (χ4n) is 2.29. The lowest BCUT2D eigenvalue weighted by Crippen LogP contribution is -2.15. The molecule has 6 heteroatoms. The SMILES string of the molecule is COc1cccc(C(Cc2ccccc2[N+](=O)[O-])C(=O)O)c1. The number of nitrogens with zero attached hydrogens (tertiary/aromatic N) is 1. The highest BCUT2D eigenvalue weighted by Gasteiger charge is 2.24. The van der Waals surface area contributed by atoms with Crippen molar-refractivity contribution in [2.75, 3.05) is 7.11 Å². The number of carboxylic acids is 1. The molecule has 6 nitrogen and oxygen atoms in total. The first-order valence-electron chi connectivity index (χ1n) is 6.62. The van der Waals surface area contributed by atoms with Gasteiger partial charge < -0.3 is 9.84 Å². The average molecular weight is 301 g/mol. The molecule has 0 aliphatic rings. The topological polar surface area (TPSA) is 89.7 Å². The molecule has 1 atom stereocenters. The van der Waals surface area contributed by atoms with E-state index in [0.29, 0.717) is 16.9 Å². The Morgan fingerprint density at radius 1 is 1.27 bits per heavy atom. The van der Waals surface area contributed by atoms with Gasteiger partial charge >= 0.3 is 5.97 Å². The summed E-state index contributed by atoms with van der Waals surface area (Å²) < 4.78 is 5.10. The molecule has 0 aromatic heterocycles. The molecule has 1 N–H and O–H groups in total. The molecule has 0 radical (unpaired) electrons. The lowest BCUT2D eigenvalue weighted by molar-refractivity contribution is -0.385. The Hall–Kier alpha value is -2.89. The van der Waals surface area contributed by atoms with E-state index in [-0.39, 0.29) is 12.1 Å². The van der Waals surface area contributed by atoms with Gasteiger partial charge in [0.2, 0.25) is 0 Å². The number of nitro benzene ring substituents is 1. The highest BCUT2D eigenvalue weighted by Crippen LogP contribution is 2.28. The number of aliphatic carboxylic acids is 1. The summed E-state index contributed by atoms with van der Waals surface area (Å²) in [4.78, 5) is 22.1. The van der Waals surface area contributed by atoms with Crippen molar-refractivity contribution in [1.82, 2.24) is 0 Å². The average Bonchev–Trinajstić information content (AvgIpc) is 2.52. The number of carboxylic acid groups (broad SMARTS) is 1. The Kier molecular flexibility index (Phi) is 4.73. The Bertz CT molecular complexity index is 698.